The molecule has 8 heteroatoms. The Morgan fingerprint density at radius 1 is 1.45 bits per heavy atom. The van der Waals surface area contributed by atoms with Gasteiger partial charge in [0.25, 0.3) is 0 Å². The van der Waals surface area contributed by atoms with Crippen molar-refractivity contribution in [2.24, 2.45) is 7.05 Å². The zero-order chi connectivity index (χ0) is 14.5. The van der Waals surface area contributed by atoms with Crippen LogP contribution in [-0.4, -0.2) is 31.3 Å². The SMILES string of the molecule is CCCNc1ncc(F)c(NC(C)c2nncn2C)n1. The lowest BCUT2D eigenvalue weighted by molar-refractivity contribution is 0.610. The minimum absolute atomic E-state index is 0.147. The summed E-state index contributed by atoms with van der Waals surface area (Å²) in [7, 11) is 1.83. The van der Waals surface area contributed by atoms with Crippen LogP contribution in [0.2, 0.25) is 0 Å². The molecule has 1 unspecified atom stereocenters. The summed E-state index contributed by atoms with van der Waals surface area (Å²) in [5.41, 5.74) is 0. The molecule has 7 nitrogen and oxygen atoms in total. The third-order valence-electron chi connectivity index (χ3n) is 2.76. The lowest BCUT2D eigenvalue weighted by Crippen LogP contribution is -2.15. The topological polar surface area (TPSA) is 80.5 Å². The highest BCUT2D eigenvalue weighted by molar-refractivity contribution is 5.42. The van der Waals surface area contributed by atoms with E-state index in [0.717, 1.165) is 19.2 Å². The smallest absolute Gasteiger partial charge is 0.224 e. The molecule has 2 rings (SSSR count). The van der Waals surface area contributed by atoms with Gasteiger partial charge in [0, 0.05) is 13.6 Å². The third kappa shape index (κ3) is 3.19. The molecular weight excluding hydrogens is 261 g/mol. The summed E-state index contributed by atoms with van der Waals surface area (Å²) in [6.07, 6.45) is 3.69. The second-order valence-electron chi connectivity index (χ2n) is 4.48. The van der Waals surface area contributed by atoms with Crippen LogP contribution in [0.15, 0.2) is 12.5 Å². The summed E-state index contributed by atoms with van der Waals surface area (Å²) in [6, 6.07) is -0.217. The van der Waals surface area contributed by atoms with E-state index in [1.807, 2.05) is 20.9 Å². The number of hydrogen-bond acceptors (Lipinski definition) is 6. The van der Waals surface area contributed by atoms with Crippen molar-refractivity contribution in [2.75, 3.05) is 17.2 Å². The lowest BCUT2D eigenvalue weighted by Gasteiger charge is -2.14. The Bertz CT molecular complexity index is 569. The zero-order valence-corrected chi connectivity index (χ0v) is 11.8. The van der Waals surface area contributed by atoms with E-state index in [1.54, 1.807) is 10.9 Å². The second kappa shape index (κ2) is 6.27. The van der Waals surface area contributed by atoms with Crippen LogP contribution in [0.25, 0.3) is 0 Å². The van der Waals surface area contributed by atoms with Crippen molar-refractivity contribution < 1.29 is 4.39 Å². The molecule has 0 amide bonds. The number of anilines is 2. The van der Waals surface area contributed by atoms with E-state index >= 15 is 0 Å². The number of aromatic nitrogens is 5. The maximum Gasteiger partial charge on any atom is 0.224 e. The molecule has 0 aliphatic heterocycles. The highest BCUT2D eigenvalue weighted by atomic mass is 19.1. The molecule has 20 heavy (non-hydrogen) atoms. The molecule has 0 saturated carbocycles. The van der Waals surface area contributed by atoms with Crippen LogP contribution in [0.4, 0.5) is 16.2 Å². The van der Waals surface area contributed by atoms with Gasteiger partial charge in [-0.15, -0.1) is 10.2 Å². The summed E-state index contributed by atoms with van der Waals surface area (Å²) in [6.45, 7) is 4.64. The van der Waals surface area contributed by atoms with E-state index in [9.17, 15) is 4.39 Å². The largest absolute Gasteiger partial charge is 0.358 e. The first-order valence-corrected chi connectivity index (χ1v) is 6.48. The Balaban J connectivity index is 2.13. The standard InChI is InChI=1S/C12H18FN7/c1-4-5-14-12-15-6-9(13)10(18-12)17-8(2)11-19-16-7-20(11)3/h6-8H,4-5H2,1-3H3,(H2,14,15,17,18). The first-order chi connectivity index (χ1) is 9.61. The second-order valence-corrected chi connectivity index (χ2v) is 4.48. The summed E-state index contributed by atoms with van der Waals surface area (Å²) < 4.78 is 15.5. The van der Waals surface area contributed by atoms with Gasteiger partial charge in [-0.2, -0.15) is 4.98 Å². The van der Waals surface area contributed by atoms with Gasteiger partial charge in [0.1, 0.15) is 6.33 Å². The monoisotopic (exact) mass is 279 g/mol. The van der Waals surface area contributed by atoms with E-state index in [1.165, 1.54) is 0 Å². The Kier molecular flexibility index (Phi) is 4.44. The molecule has 2 N–H and O–H groups in total. The Morgan fingerprint density at radius 2 is 2.25 bits per heavy atom. The quantitative estimate of drug-likeness (QED) is 0.838. The fourth-order valence-corrected chi connectivity index (χ4v) is 1.74. The molecule has 2 aromatic rings. The molecule has 0 radical (unpaired) electrons. The van der Waals surface area contributed by atoms with Crippen LogP contribution in [-0.2, 0) is 7.05 Å². The molecule has 2 aromatic heterocycles. The summed E-state index contributed by atoms with van der Waals surface area (Å²) in [4.78, 5) is 8.02. The van der Waals surface area contributed by atoms with Crippen LogP contribution in [0, 0.1) is 5.82 Å². The maximum atomic E-state index is 13.7. The number of aryl methyl sites for hydroxylation is 1. The van der Waals surface area contributed by atoms with Gasteiger partial charge < -0.3 is 15.2 Å². The van der Waals surface area contributed by atoms with Crippen molar-refractivity contribution in [3.05, 3.63) is 24.2 Å². The number of rotatable bonds is 6. The van der Waals surface area contributed by atoms with Crippen LogP contribution >= 0.6 is 0 Å². The predicted molar refractivity (Wildman–Crippen MR) is 73.8 cm³/mol. The minimum Gasteiger partial charge on any atom is -0.358 e. The zero-order valence-electron chi connectivity index (χ0n) is 11.8. The van der Waals surface area contributed by atoms with Gasteiger partial charge in [-0.1, -0.05) is 6.92 Å². The van der Waals surface area contributed by atoms with Crippen molar-refractivity contribution in [2.45, 2.75) is 26.3 Å². The fourth-order valence-electron chi connectivity index (χ4n) is 1.74. The molecule has 0 fully saturated rings. The molecule has 2 heterocycles. The lowest BCUT2D eigenvalue weighted by atomic mass is 10.3. The van der Waals surface area contributed by atoms with Crippen LogP contribution in [0.3, 0.4) is 0 Å². The van der Waals surface area contributed by atoms with Gasteiger partial charge in [0.05, 0.1) is 12.2 Å². The highest BCUT2D eigenvalue weighted by Gasteiger charge is 2.15. The molecular formula is C12H18FN7. The average molecular weight is 279 g/mol. The van der Waals surface area contributed by atoms with Gasteiger partial charge in [0.2, 0.25) is 5.95 Å². The number of nitrogens with zero attached hydrogens (tertiary/aromatic N) is 5. The summed E-state index contributed by atoms with van der Waals surface area (Å²) in [5, 5.41) is 13.8. The third-order valence-corrected chi connectivity index (χ3v) is 2.76. The van der Waals surface area contributed by atoms with Crippen LogP contribution in [0.1, 0.15) is 32.1 Å². The summed E-state index contributed by atoms with van der Waals surface area (Å²) >= 11 is 0. The highest BCUT2D eigenvalue weighted by Crippen LogP contribution is 2.18. The van der Waals surface area contributed by atoms with Gasteiger partial charge in [0.15, 0.2) is 17.5 Å². The first kappa shape index (κ1) is 14.2. The van der Waals surface area contributed by atoms with E-state index in [0.29, 0.717) is 11.8 Å². The molecule has 108 valence electrons. The Hall–Kier alpha value is -2.25. The number of halogens is 1. The van der Waals surface area contributed by atoms with Gasteiger partial charge in [-0.25, -0.2) is 9.37 Å². The number of nitrogens with one attached hydrogen (secondary N) is 2. The maximum absolute atomic E-state index is 13.7. The summed E-state index contributed by atoms with van der Waals surface area (Å²) in [5.74, 6) is 0.752. The van der Waals surface area contributed by atoms with Gasteiger partial charge in [-0.05, 0) is 13.3 Å². The van der Waals surface area contributed by atoms with Crippen LogP contribution in [0.5, 0.6) is 0 Å². The van der Waals surface area contributed by atoms with Crippen molar-refractivity contribution in [3.63, 3.8) is 0 Å². The van der Waals surface area contributed by atoms with Gasteiger partial charge in [-0.3, -0.25) is 0 Å². The van der Waals surface area contributed by atoms with Crippen molar-refractivity contribution in [3.8, 4) is 0 Å². The van der Waals surface area contributed by atoms with E-state index in [2.05, 4.69) is 30.8 Å². The minimum atomic E-state index is -0.499. The van der Waals surface area contributed by atoms with E-state index < -0.39 is 5.82 Å². The Morgan fingerprint density at radius 3 is 2.90 bits per heavy atom. The van der Waals surface area contributed by atoms with E-state index in [-0.39, 0.29) is 11.9 Å². The molecule has 1 atom stereocenters. The molecule has 0 saturated heterocycles. The normalized spacial score (nSPS) is 12.2. The average Bonchev–Trinajstić information content (AvgIpc) is 2.86. The fraction of sp³-hybridized carbons (Fsp3) is 0.500. The Labute approximate surface area is 116 Å². The van der Waals surface area contributed by atoms with Crippen molar-refractivity contribution >= 4 is 11.8 Å². The van der Waals surface area contributed by atoms with Crippen LogP contribution < -0.4 is 10.6 Å². The molecule has 0 aliphatic rings. The first-order valence-electron chi connectivity index (χ1n) is 6.48. The predicted octanol–water partition coefficient (Wildman–Crippen LogP) is 1.74. The molecule has 0 aliphatic carbocycles. The molecule has 0 aromatic carbocycles. The molecule has 0 bridgehead atoms. The number of hydrogen-bond donors (Lipinski definition) is 2. The molecule has 0 spiro atoms. The van der Waals surface area contributed by atoms with Gasteiger partial charge >= 0.3 is 0 Å². The van der Waals surface area contributed by atoms with Crippen molar-refractivity contribution in [1.29, 1.82) is 0 Å². The van der Waals surface area contributed by atoms with E-state index in [4.69, 9.17) is 0 Å². The van der Waals surface area contributed by atoms with Crippen molar-refractivity contribution in [1.82, 2.24) is 24.7 Å².